The fourth-order valence-electron chi connectivity index (χ4n) is 3.25. The molecule has 0 amide bonds. The van der Waals surface area contributed by atoms with Gasteiger partial charge in [0, 0.05) is 6.61 Å². The second-order valence-electron chi connectivity index (χ2n) is 8.01. The maximum Gasteiger partial charge on any atom is 0.119 e. The average Bonchev–Trinajstić information content (AvgIpc) is 2.78. The van der Waals surface area contributed by atoms with Crippen LogP contribution >= 0.6 is 0 Å². The molecular formula is C27H40O3. The van der Waals surface area contributed by atoms with E-state index < -0.39 is 0 Å². The van der Waals surface area contributed by atoms with Gasteiger partial charge in [-0.25, -0.2) is 0 Å². The molecule has 166 valence electrons. The van der Waals surface area contributed by atoms with Crippen LogP contribution in [0.25, 0.3) is 11.1 Å². The fourth-order valence-corrected chi connectivity index (χ4v) is 3.25. The van der Waals surface area contributed by atoms with E-state index in [0.717, 1.165) is 44.0 Å². The molecule has 0 fully saturated rings. The molecule has 0 aliphatic carbocycles. The minimum absolute atomic E-state index is 0.111. The summed E-state index contributed by atoms with van der Waals surface area (Å²) in [5, 5.41) is 0. The summed E-state index contributed by atoms with van der Waals surface area (Å²) in [5.74, 6) is 1.83. The lowest BCUT2D eigenvalue weighted by Gasteiger charge is -2.14. The summed E-state index contributed by atoms with van der Waals surface area (Å²) in [7, 11) is 0. The summed E-state index contributed by atoms with van der Waals surface area (Å²) in [4.78, 5) is 0. The van der Waals surface area contributed by atoms with E-state index in [0.29, 0.717) is 6.61 Å². The first-order valence-corrected chi connectivity index (χ1v) is 11.8. The lowest BCUT2D eigenvalue weighted by atomic mass is 10.1. The Hall–Kier alpha value is -2.00. The predicted molar refractivity (Wildman–Crippen MR) is 127 cm³/mol. The standard InChI is InChI=1S/C27H40O3/c1-4-6-8-9-10-11-21-29-26-16-12-24(13-17-26)25-14-18-27(19-15-25)30-22-23(3)28-20-7-5-2/h12-19,23H,4-11,20-22H2,1-3H3. The molecule has 3 nitrogen and oxygen atoms in total. The van der Waals surface area contributed by atoms with Gasteiger partial charge in [-0.1, -0.05) is 76.6 Å². The van der Waals surface area contributed by atoms with Crippen LogP contribution in [-0.4, -0.2) is 25.9 Å². The van der Waals surface area contributed by atoms with Gasteiger partial charge in [-0.2, -0.15) is 0 Å². The number of hydrogen-bond donors (Lipinski definition) is 0. The van der Waals surface area contributed by atoms with Crippen LogP contribution in [-0.2, 0) is 4.74 Å². The van der Waals surface area contributed by atoms with Crippen molar-refractivity contribution >= 4 is 0 Å². The molecule has 1 unspecified atom stereocenters. The first kappa shape index (κ1) is 24.3. The van der Waals surface area contributed by atoms with Gasteiger partial charge in [-0.05, 0) is 55.2 Å². The maximum absolute atomic E-state index is 5.88. The van der Waals surface area contributed by atoms with Crippen molar-refractivity contribution in [3.05, 3.63) is 48.5 Å². The van der Waals surface area contributed by atoms with E-state index in [2.05, 4.69) is 57.2 Å². The van der Waals surface area contributed by atoms with E-state index in [1.54, 1.807) is 0 Å². The Balaban J connectivity index is 1.71. The zero-order valence-corrected chi connectivity index (χ0v) is 19.2. The minimum atomic E-state index is 0.111. The number of unbranched alkanes of at least 4 members (excludes halogenated alkanes) is 6. The highest BCUT2D eigenvalue weighted by Gasteiger charge is 2.04. The fraction of sp³-hybridized carbons (Fsp3) is 0.556. The Labute approximate surface area is 183 Å². The van der Waals surface area contributed by atoms with Crippen LogP contribution in [0.3, 0.4) is 0 Å². The predicted octanol–water partition coefficient (Wildman–Crippen LogP) is 7.68. The SMILES string of the molecule is CCCCCCCCOc1ccc(-c2ccc(OCC(C)OCCCC)cc2)cc1. The topological polar surface area (TPSA) is 27.7 Å². The first-order valence-electron chi connectivity index (χ1n) is 11.8. The Morgan fingerprint density at radius 1 is 0.600 bits per heavy atom. The second kappa shape index (κ2) is 14.9. The molecule has 0 N–H and O–H groups in total. The van der Waals surface area contributed by atoms with Crippen LogP contribution in [0.1, 0.15) is 72.1 Å². The number of rotatable bonds is 16. The van der Waals surface area contributed by atoms with Crippen LogP contribution in [0.5, 0.6) is 11.5 Å². The highest BCUT2D eigenvalue weighted by atomic mass is 16.5. The lowest BCUT2D eigenvalue weighted by molar-refractivity contribution is 0.0309. The number of ether oxygens (including phenoxy) is 3. The summed E-state index contributed by atoms with van der Waals surface area (Å²) < 4.78 is 17.5. The van der Waals surface area contributed by atoms with E-state index in [1.165, 1.54) is 43.2 Å². The average molecular weight is 413 g/mol. The lowest BCUT2D eigenvalue weighted by Crippen LogP contribution is -2.18. The summed E-state index contributed by atoms with van der Waals surface area (Å²) in [6.45, 7) is 8.66. The molecule has 0 aliphatic heterocycles. The van der Waals surface area contributed by atoms with Gasteiger partial charge in [0.25, 0.3) is 0 Å². The molecule has 0 saturated heterocycles. The quantitative estimate of drug-likeness (QED) is 0.265. The van der Waals surface area contributed by atoms with Crippen molar-refractivity contribution in [2.24, 2.45) is 0 Å². The van der Waals surface area contributed by atoms with Crippen molar-refractivity contribution in [3.63, 3.8) is 0 Å². The molecule has 2 aromatic rings. The van der Waals surface area contributed by atoms with Crippen molar-refractivity contribution in [1.29, 1.82) is 0 Å². The monoisotopic (exact) mass is 412 g/mol. The molecule has 0 radical (unpaired) electrons. The highest BCUT2D eigenvalue weighted by Crippen LogP contribution is 2.25. The van der Waals surface area contributed by atoms with E-state index in [1.807, 2.05) is 12.1 Å². The molecule has 3 heteroatoms. The van der Waals surface area contributed by atoms with Crippen LogP contribution < -0.4 is 9.47 Å². The number of benzene rings is 2. The third-order valence-corrected chi connectivity index (χ3v) is 5.19. The molecule has 30 heavy (non-hydrogen) atoms. The van der Waals surface area contributed by atoms with Gasteiger partial charge < -0.3 is 14.2 Å². The van der Waals surface area contributed by atoms with Crippen molar-refractivity contribution < 1.29 is 14.2 Å². The molecule has 2 aromatic carbocycles. The highest BCUT2D eigenvalue weighted by molar-refractivity contribution is 5.64. The van der Waals surface area contributed by atoms with Gasteiger partial charge in [0.1, 0.15) is 18.1 Å². The van der Waals surface area contributed by atoms with Crippen LogP contribution in [0.2, 0.25) is 0 Å². The smallest absolute Gasteiger partial charge is 0.119 e. The second-order valence-corrected chi connectivity index (χ2v) is 8.01. The molecule has 0 aromatic heterocycles. The summed E-state index contributed by atoms with van der Waals surface area (Å²) in [6, 6.07) is 16.6. The molecular weight excluding hydrogens is 372 g/mol. The first-order chi connectivity index (χ1) is 14.7. The van der Waals surface area contributed by atoms with E-state index in [4.69, 9.17) is 14.2 Å². The van der Waals surface area contributed by atoms with Crippen molar-refractivity contribution in [2.45, 2.75) is 78.2 Å². The summed E-state index contributed by atoms with van der Waals surface area (Å²) in [5.41, 5.74) is 2.36. The van der Waals surface area contributed by atoms with Gasteiger partial charge in [0.15, 0.2) is 0 Å². The van der Waals surface area contributed by atoms with Gasteiger partial charge in [0.2, 0.25) is 0 Å². The largest absolute Gasteiger partial charge is 0.494 e. The Bertz CT molecular complexity index is 664. The molecule has 0 heterocycles. The summed E-state index contributed by atoms with van der Waals surface area (Å²) in [6.07, 6.45) is 10.1. The normalized spacial score (nSPS) is 12.0. The van der Waals surface area contributed by atoms with Crippen LogP contribution in [0.15, 0.2) is 48.5 Å². The zero-order valence-electron chi connectivity index (χ0n) is 19.2. The van der Waals surface area contributed by atoms with Crippen molar-refractivity contribution in [1.82, 2.24) is 0 Å². The third kappa shape index (κ3) is 9.67. The Kier molecular flexibility index (Phi) is 12.1. The van der Waals surface area contributed by atoms with E-state index in [-0.39, 0.29) is 6.10 Å². The molecule has 0 bridgehead atoms. The molecule has 0 spiro atoms. The van der Waals surface area contributed by atoms with Gasteiger partial charge in [-0.15, -0.1) is 0 Å². The maximum atomic E-state index is 5.88. The minimum Gasteiger partial charge on any atom is -0.494 e. The van der Waals surface area contributed by atoms with Gasteiger partial charge in [0.05, 0.1) is 12.7 Å². The third-order valence-electron chi connectivity index (χ3n) is 5.19. The van der Waals surface area contributed by atoms with Gasteiger partial charge in [-0.3, -0.25) is 0 Å². The molecule has 1 atom stereocenters. The van der Waals surface area contributed by atoms with Crippen molar-refractivity contribution in [3.8, 4) is 22.6 Å². The van der Waals surface area contributed by atoms with Crippen LogP contribution in [0.4, 0.5) is 0 Å². The summed E-state index contributed by atoms with van der Waals surface area (Å²) >= 11 is 0. The number of hydrogen-bond acceptors (Lipinski definition) is 3. The molecule has 0 aliphatic rings. The molecule has 0 saturated carbocycles. The Morgan fingerprint density at radius 2 is 1.13 bits per heavy atom. The van der Waals surface area contributed by atoms with Gasteiger partial charge >= 0.3 is 0 Å². The molecule has 2 rings (SSSR count). The van der Waals surface area contributed by atoms with E-state index in [9.17, 15) is 0 Å². The van der Waals surface area contributed by atoms with Crippen molar-refractivity contribution in [2.75, 3.05) is 19.8 Å². The zero-order chi connectivity index (χ0) is 21.4. The Morgan fingerprint density at radius 3 is 1.73 bits per heavy atom. The van der Waals surface area contributed by atoms with Crippen LogP contribution in [0, 0.1) is 0 Å². The van der Waals surface area contributed by atoms with E-state index >= 15 is 0 Å².